The van der Waals surface area contributed by atoms with E-state index in [9.17, 15) is 4.79 Å². The number of hydrogen-bond acceptors (Lipinski definition) is 7. The molecule has 30 heavy (non-hydrogen) atoms. The van der Waals surface area contributed by atoms with Crippen LogP contribution in [0.5, 0.6) is 5.75 Å². The predicted octanol–water partition coefficient (Wildman–Crippen LogP) is 4.81. The molecule has 0 saturated carbocycles. The van der Waals surface area contributed by atoms with E-state index in [4.69, 9.17) is 14.6 Å². The van der Waals surface area contributed by atoms with Crippen LogP contribution in [0.2, 0.25) is 0 Å². The third kappa shape index (κ3) is 4.98. The first-order valence-electron chi connectivity index (χ1n) is 10.6. The first kappa shape index (κ1) is 22.2. The zero-order valence-electron chi connectivity index (χ0n) is 18.1. The van der Waals surface area contributed by atoms with Crippen molar-refractivity contribution in [2.24, 2.45) is 0 Å². The minimum absolute atomic E-state index is 0.310. The molecule has 2 heterocycles. The first-order chi connectivity index (χ1) is 14.6. The van der Waals surface area contributed by atoms with Crippen LogP contribution in [0.4, 0.5) is 5.95 Å². The molecule has 1 unspecified atom stereocenters. The van der Waals surface area contributed by atoms with Gasteiger partial charge in [-0.05, 0) is 44.4 Å². The second kappa shape index (κ2) is 10.5. The highest BCUT2D eigenvalue weighted by Gasteiger charge is 2.35. The van der Waals surface area contributed by atoms with Gasteiger partial charge in [-0.3, -0.25) is 0 Å². The second-order valence-electron chi connectivity index (χ2n) is 7.07. The molecule has 0 fully saturated rings. The SMILES string of the molecule is CCCCSc1nc2n(n1)C(c1cccc(OCCC)c1)C(C(=O)OCC)=C(C)N2. The fourth-order valence-electron chi connectivity index (χ4n) is 3.28. The van der Waals surface area contributed by atoms with Gasteiger partial charge < -0.3 is 14.8 Å². The number of thioether (sulfide) groups is 1. The average molecular weight is 431 g/mol. The molecule has 1 aliphatic rings. The quantitative estimate of drug-likeness (QED) is 0.329. The lowest BCUT2D eigenvalue weighted by atomic mass is 9.95. The maximum Gasteiger partial charge on any atom is 0.338 e. The van der Waals surface area contributed by atoms with Crippen molar-refractivity contribution in [2.45, 2.75) is 58.2 Å². The summed E-state index contributed by atoms with van der Waals surface area (Å²) in [6.45, 7) is 8.87. The Bertz CT molecular complexity index is 910. The number of nitrogens with one attached hydrogen (secondary N) is 1. The van der Waals surface area contributed by atoms with Crippen LogP contribution < -0.4 is 10.1 Å². The van der Waals surface area contributed by atoms with Crippen molar-refractivity contribution < 1.29 is 14.3 Å². The summed E-state index contributed by atoms with van der Waals surface area (Å²) in [6, 6.07) is 7.38. The summed E-state index contributed by atoms with van der Waals surface area (Å²) in [5, 5.41) is 8.66. The van der Waals surface area contributed by atoms with Crippen LogP contribution in [0.15, 0.2) is 40.7 Å². The van der Waals surface area contributed by atoms with Crippen LogP contribution in [0.1, 0.15) is 58.6 Å². The van der Waals surface area contributed by atoms with Crippen LogP contribution in [0.25, 0.3) is 0 Å². The minimum Gasteiger partial charge on any atom is -0.494 e. The van der Waals surface area contributed by atoms with E-state index in [1.54, 1.807) is 16.4 Å². The van der Waals surface area contributed by atoms with E-state index < -0.39 is 6.04 Å². The van der Waals surface area contributed by atoms with Gasteiger partial charge in [0.05, 0.1) is 18.8 Å². The summed E-state index contributed by atoms with van der Waals surface area (Å²) in [7, 11) is 0. The van der Waals surface area contributed by atoms with Gasteiger partial charge in [-0.1, -0.05) is 44.2 Å². The Kier molecular flexibility index (Phi) is 7.79. The Morgan fingerprint density at radius 3 is 2.83 bits per heavy atom. The van der Waals surface area contributed by atoms with Crippen molar-refractivity contribution in [3.63, 3.8) is 0 Å². The molecule has 1 N–H and O–H groups in total. The highest BCUT2D eigenvalue weighted by atomic mass is 32.2. The number of benzene rings is 1. The van der Waals surface area contributed by atoms with E-state index >= 15 is 0 Å². The molecule has 2 aromatic rings. The summed E-state index contributed by atoms with van der Waals surface area (Å²) >= 11 is 1.63. The van der Waals surface area contributed by atoms with Crippen LogP contribution in [-0.4, -0.2) is 39.7 Å². The lowest BCUT2D eigenvalue weighted by Gasteiger charge is -2.28. The number of esters is 1. The zero-order valence-corrected chi connectivity index (χ0v) is 18.9. The number of anilines is 1. The monoisotopic (exact) mass is 430 g/mol. The molecular weight excluding hydrogens is 400 g/mol. The Morgan fingerprint density at radius 1 is 1.27 bits per heavy atom. The predicted molar refractivity (Wildman–Crippen MR) is 119 cm³/mol. The molecule has 1 aromatic carbocycles. The lowest BCUT2D eigenvalue weighted by Crippen LogP contribution is -2.29. The molecule has 162 valence electrons. The van der Waals surface area contributed by atoms with Gasteiger partial charge in [-0.15, -0.1) is 5.10 Å². The number of carbonyl (C=O) groups is 1. The van der Waals surface area contributed by atoms with E-state index in [1.165, 1.54) is 0 Å². The molecule has 0 bridgehead atoms. The number of ether oxygens (including phenoxy) is 2. The Balaban J connectivity index is 2.02. The molecule has 1 atom stereocenters. The Labute approximate surface area is 182 Å². The van der Waals surface area contributed by atoms with Gasteiger partial charge in [0.25, 0.3) is 0 Å². The van der Waals surface area contributed by atoms with Crippen LogP contribution in [0.3, 0.4) is 0 Å². The van der Waals surface area contributed by atoms with Crippen molar-refractivity contribution in [1.82, 2.24) is 14.8 Å². The van der Waals surface area contributed by atoms with Gasteiger partial charge >= 0.3 is 5.97 Å². The van der Waals surface area contributed by atoms with Crippen molar-refractivity contribution >= 4 is 23.7 Å². The van der Waals surface area contributed by atoms with Gasteiger partial charge in [0.15, 0.2) is 0 Å². The smallest absolute Gasteiger partial charge is 0.338 e. The van der Waals surface area contributed by atoms with E-state index in [1.807, 2.05) is 38.1 Å². The summed E-state index contributed by atoms with van der Waals surface area (Å²) in [4.78, 5) is 17.5. The average Bonchev–Trinajstić information content (AvgIpc) is 3.14. The molecule has 0 aliphatic carbocycles. The Hall–Kier alpha value is -2.48. The first-order valence-corrected chi connectivity index (χ1v) is 11.5. The van der Waals surface area contributed by atoms with Crippen molar-refractivity contribution in [3.8, 4) is 5.75 Å². The van der Waals surface area contributed by atoms with Crippen LogP contribution in [0, 0.1) is 0 Å². The molecule has 0 saturated heterocycles. The van der Waals surface area contributed by atoms with Gasteiger partial charge in [-0.25, -0.2) is 9.48 Å². The summed E-state index contributed by atoms with van der Waals surface area (Å²) in [6.07, 6.45) is 3.16. The standard InChI is InChI=1S/C22H30N4O3S/c1-5-8-13-30-22-24-21-23-15(4)18(20(27)28-7-3)19(26(21)25-22)16-10-9-11-17(14-16)29-12-6-2/h9-11,14,19H,5-8,12-13H2,1-4H3,(H,23,24,25). The summed E-state index contributed by atoms with van der Waals surface area (Å²) in [5.41, 5.74) is 2.17. The number of unbranched alkanes of at least 4 members (excludes halogenated alkanes) is 1. The number of aromatic nitrogens is 3. The molecule has 0 amide bonds. The van der Waals surface area contributed by atoms with Gasteiger partial charge in [0.2, 0.25) is 11.1 Å². The number of hydrogen-bond donors (Lipinski definition) is 1. The maximum atomic E-state index is 12.9. The number of rotatable bonds is 10. The topological polar surface area (TPSA) is 78.3 Å². The number of carbonyl (C=O) groups excluding carboxylic acids is 1. The second-order valence-corrected chi connectivity index (χ2v) is 8.13. The zero-order chi connectivity index (χ0) is 21.5. The molecule has 8 heteroatoms. The van der Waals surface area contributed by atoms with Crippen molar-refractivity contribution in [2.75, 3.05) is 24.3 Å². The highest BCUT2D eigenvalue weighted by molar-refractivity contribution is 7.99. The number of allylic oxidation sites excluding steroid dienone is 1. The largest absolute Gasteiger partial charge is 0.494 e. The highest BCUT2D eigenvalue weighted by Crippen LogP contribution is 2.37. The van der Waals surface area contributed by atoms with E-state index in [-0.39, 0.29) is 5.97 Å². The van der Waals surface area contributed by atoms with Crippen LogP contribution in [-0.2, 0) is 9.53 Å². The van der Waals surface area contributed by atoms with E-state index in [2.05, 4.69) is 24.1 Å². The minimum atomic E-state index is -0.432. The molecule has 0 radical (unpaired) electrons. The lowest BCUT2D eigenvalue weighted by molar-refractivity contribution is -0.139. The fraction of sp³-hybridized carbons (Fsp3) is 0.500. The fourth-order valence-corrected chi connectivity index (χ4v) is 4.19. The molecule has 7 nitrogen and oxygen atoms in total. The number of nitrogens with zero attached hydrogens (tertiary/aromatic N) is 3. The van der Waals surface area contributed by atoms with Gasteiger partial charge in [0.1, 0.15) is 11.8 Å². The van der Waals surface area contributed by atoms with E-state index in [0.717, 1.165) is 42.0 Å². The van der Waals surface area contributed by atoms with Gasteiger partial charge in [0, 0.05) is 11.4 Å². The Morgan fingerprint density at radius 2 is 2.10 bits per heavy atom. The summed E-state index contributed by atoms with van der Waals surface area (Å²) < 4.78 is 13.0. The van der Waals surface area contributed by atoms with Crippen molar-refractivity contribution in [3.05, 3.63) is 41.1 Å². The number of fused-ring (bicyclic) bond motifs is 1. The van der Waals surface area contributed by atoms with E-state index in [0.29, 0.717) is 29.9 Å². The molecule has 0 spiro atoms. The van der Waals surface area contributed by atoms with Crippen molar-refractivity contribution in [1.29, 1.82) is 0 Å². The molecular formula is C22H30N4O3S. The molecule has 1 aliphatic heterocycles. The molecule has 1 aromatic heterocycles. The third-order valence-electron chi connectivity index (χ3n) is 4.70. The normalized spacial score (nSPS) is 15.5. The molecule has 3 rings (SSSR count). The maximum absolute atomic E-state index is 12.9. The van der Waals surface area contributed by atoms with Crippen LogP contribution >= 0.6 is 11.8 Å². The summed E-state index contributed by atoms with van der Waals surface area (Å²) in [5.74, 6) is 2.01. The third-order valence-corrected chi connectivity index (χ3v) is 5.63. The van der Waals surface area contributed by atoms with Gasteiger partial charge in [-0.2, -0.15) is 4.98 Å².